The molecule has 1 aliphatic carbocycles. The van der Waals surface area contributed by atoms with E-state index in [1.54, 1.807) is 4.90 Å². The Morgan fingerprint density at radius 1 is 0.957 bits per heavy atom. The monoisotopic (exact) mass is 315 g/mol. The molecule has 0 aromatic heterocycles. The van der Waals surface area contributed by atoms with E-state index in [0.29, 0.717) is 31.7 Å². The summed E-state index contributed by atoms with van der Waals surface area (Å²) >= 11 is 0. The summed E-state index contributed by atoms with van der Waals surface area (Å²) in [7, 11) is 0. The van der Waals surface area contributed by atoms with Crippen molar-refractivity contribution in [3.63, 3.8) is 0 Å². The second-order valence-corrected chi connectivity index (χ2v) is 7.57. The number of rotatable bonds is 0. The summed E-state index contributed by atoms with van der Waals surface area (Å²) in [5.74, 6) is 0.335. The molecule has 1 aliphatic heterocycles. The summed E-state index contributed by atoms with van der Waals surface area (Å²) in [6.45, 7) is 7.04. The first-order chi connectivity index (χ1) is 10.8. The van der Waals surface area contributed by atoms with E-state index < -0.39 is 5.60 Å². The van der Waals surface area contributed by atoms with E-state index in [2.05, 4.69) is 12.1 Å². The average molecular weight is 315 g/mol. The molecule has 1 aromatic carbocycles. The van der Waals surface area contributed by atoms with Crippen LogP contribution in [0.15, 0.2) is 12.1 Å². The molecule has 2 aliphatic rings. The molecule has 1 amide bonds. The Morgan fingerprint density at radius 2 is 1.52 bits per heavy atom. The van der Waals surface area contributed by atoms with Gasteiger partial charge in [0.1, 0.15) is 11.4 Å². The topological polar surface area (TPSA) is 46.6 Å². The summed E-state index contributed by atoms with van der Waals surface area (Å²) in [5.41, 5.74) is 4.64. The first kappa shape index (κ1) is 16.0. The molecule has 0 fully saturated rings. The molecule has 1 aromatic rings. The van der Waals surface area contributed by atoms with Gasteiger partial charge in [-0.3, -0.25) is 4.79 Å². The highest BCUT2D eigenvalue weighted by Crippen LogP contribution is 2.26. The van der Waals surface area contributed by atoms with Crippen molar-refractivity contribution in [2.45, 2.75) is 58.5 Å². The second-order valence-electron chi connectivity index (χ2n) is 7.57. The Balaban J connectivity index is 1.75. The van der Waals surface area contributed by atoms with E-state index in [1.165, 1.54) is 22.3 Å². The van der Waals surface area contributed by atoms with Gasteiger partial charge in [0.15, 0.2) is 0 Å². The van der Waals surface area contributed by atoms with Gasteiger partial charge in [-0.15, -0.1) is 0 Å². The number of amides is 1. The van der Waals surface area contributed by atoms with Crippen molar-refractivity contribution in [2.24, 2.45) is 0 Å². The van der Waals surface area contributed by atoms with Crippen LogP contribution in [0.25, 0.3) is 0 Å². The largest absolute Gasteiger partial charge is 0.444 e. The van der Waals surface area contributed by atoms with Gasteiger partial charge in [-0.05, 0) is 62.3 Å². The lowest BCUT2D eigenvalue weighted by molar-refractivity contribution is -0.118. The number of nitrogens with zero attached hydrogens (tertiary/aromatic N) is 1. The van der Waals surface area contributed by atoms with Crippen LogP contribution in [0.4, 0.5) is 4.79 Å². The zero-order valence-electron chi connectivity index (χ0n) is 14.3. The minimum Gasteiger partial charge on any atom is -0.444 e. The van der Waals surface area contributed by atoms with Crippen LogP contribution in [0.3, 0.4) is 0 Å². The third-order valence-corrected chi connectivity index (χ3v) is 4.54. The highest BCUT2D eigenvalue weighted by molar-refractivity contribution is 5.83. The quantitative estimate of drug-likeness (QED) is 0.739. The molecule has 0 saturated carbocycles. The third-order valence-electron chi connectivity index (χ3n) is 4.54. The lowest BCUT2D eigenvalue weighted by Gasteiger charge is -2.26. The number of ether oxygens (including phenoxy) is 1. The molecule has 23 heavy (non-hydrogen) atoms. The molecule has 1 heterocycles. The van der Waals surface area contributed by atoms with Crippen molar-refractivity contribution in [1.82, 2.24) is 4.90 Å². The first-order valence-electron chi connectivity index (χ1n) is 8.45. The van der Waals surface area contributed by atoms with Gasteiger partial charge in [0.2, 0.25) is 0 Å². The maximum Gasteiger partial charge on any atom is 0.410 e. The normalized spacial score (nSPS) is 18.0. The standard InChI is InChI=1S/C19H25NO3/c1-19(2,3)23-18(22)20-8-6-14-10-13-4-5-17(21)12-16(13)11-15(14)7-9-20/h10-11H,4-9,12H2,1-3H3. The fourth-order valence-corrected chi connectivity index (χ4v) is 3.36. The van der Waals surface area contributed by atoms with Crippen LogP contribution < -0.4 is 0 Å². The van der Waals surface area contributed by atoms with Gasteiger partial charge < -0.3 is 9.64 Å². The Hall–Kier alpha value is -1.84. The van der Waals surface area contributed by atoms with E-state index in [9.17, 15) is 9.59 Å². The highest BCUT2D eigenvalue weighted by Gasteiger charge is 2.25. The average Bonchev–Trinajstić information content (AvgIpc) is 2.65. The zero-order valence-corrected chi connectivity index (χ0v) is 14.3. The minimum absolute atomic E-state index is 0.231. The SMILES string of the molecule is CC(C)(C)OC(=O)N1CCc2cc3c(cc2CC1)CC(=O)CC3. The van der Waals surface area contributed by atoms with Gasteiger partial charge in [0.25, 0.3) is 0 Å². The fraction of sp³-hybridized carbons (Fsp3) is 0.579. The van der Waals surface area contributed by atoms with Gasteiger partial charge in [-0.1, -0.05) is 12.1 Å². The number of fused-ring (bicyclic) bond motifs is 2. The molecule has 124 valence electrons. The maximum absolute atomic E-state index is 12.3. The summed E-state index contributed by atoms with van der Waals surface area (Å²) in [6.07, 6.45) is 3.54. The Labute approximate surface area is 137 Å². The molecular formula is C19H25NO3. The van der Waals surface area contributed by atoms with E-state index in [4.69, 9.17) is 4.74 Å². The molecule has 0 saturated heterocycles. The molecule has 0 atom stereocenters. The first-order valence-corrected chi connectivity index (χ1v) is 8.45. The van der Waals surface area contributed by atoms with Crippen molar-refractivity contribution in [2.75, 3.05) is 13.1 Å². The van der Waals surface area contributed by atoms with Crippen LogP contribution in [-0.4, -0.2) is 35.5 Å². The smallest absolute Gasteiger partial charge is 0.410 e. The van der Waals surface area contributed by atoms with Crippen LogP contribution in [-0.2, 0) is 35.2 Å². The predicted molar refractivity (Wildman–Crippen MR) is 88.7 cm³/mol. The number of aryl methyl sites for hydroxylation is 1. The van der Waals surface area contributed by atoms with E-state index in [0.717, 1.165) is 19.3 Å². The number of carbonyl (C=O) groups excluding carboxylic acids is 2. The van der Waals surface area contributed by atoms with E-state index >= 15 is 0 Å². The van der Waals surface area contributed by atoms with Crippen LogP contribution in [0, 0.1) is 0 Å². The van der Waals surface area contributed by atoms with Crippen LogP contribution in [0.1, 0.15) is 49.4 Å². The summed E-state index contributed by atoms with van der Waals surface area (Å²) in [4.78, 5) is 25.7. The Morgan fingerprint density at radius 3 is 2.13 bits per heavy atom. The number of hydrogen-bond acceptors (Lipinski definition) is 3. The number of carbonyl (C=O) groups is 2. The van der Waals surface area contributed by atoms with E-state index in [-0.39, 0.29) is 6.09 Å². The number of hydrogen-bond donors (Lipinski definition) is 0. The maximum atomic E-state index is 12.3. The van der Waals surface area contributed by atoms with Gasteiger partial charge in [-0.2, -0.15) is 0 Å². The van der Waals surface area contributed by atoms with E-state index in [1.807, 2.05) is 20.8 Å². The van der Waals surface area contributed by atoms with Crippen molar-refractivity contribution in [3.05, 3.63) is 34.4 Å². The van der Waals surface area contributed by atoms with Crippen molar-refractivity contribution >= 4 is 11.9 Å². The van der Waals surface area contributed by atoms with Crippen LogP contribution in [0.5, 0.6) is 0 Å². The molecule has 0 bridgehead atoms. The molecule has 0 radical (unpaired) electrons. The third kappa shape index (κ3) is 3.74. The lowest BCUT2D eigenvalue weighted by atomic mass is 9.86. The van der Waals surface area contributed by atoms with Gasteiger partial charge in [0, 0.05) is 25.9 Å². The van der Waals surface area contributed by atoms with Crippen LogP contribution in [0.2, 0.25) is 0 Å². The lowest BCUT2D eigenvalue weighted by Crippen LogP contribution is -2.38. The molecule has 3 rings (SSSR count). The number of ketones is 1. The molecule has 0 spiro atoms. The van der Waals surface area contributed by atoms with Crippen LogP contribution >= 0.6 is 0 Å². The number of Topliss-reactive ketones (excluding diaryl/α,β-unsaturated/α-hetero) is 1. The predicted octanol–water partition coefficient (Wildman–Crippen LogP) is 3.08. The molecule has 0 unspecified atom stereocenters. The summed E-state index contributed by atoms with van der Waals surface area (Å²) in [6, 6.07) is 4.45. The van der Waals surface area contributed by atoms with Gasteiger partial charge in [0.05, 0.1) is 0 Å². The summed E-state index contributed by atoms with van der Waals surface area (Å²) < 4.78 is 5.49. The minimum atomic E-state index is -0.463. The molecule has 4 nitrogen and oxygen atoms in total. The number of benzene rings is 1. The fourth-order valence-electron chi connectivity index (χ4n) is 3.36. The van der Waals surface area contributed by atoms with Crippen molar-refractivity contribution in [3.8, 4) is 0 Å². The van der Waals surface area contributed by atoms with Crippen molar-refractivity contribution in [1.29, 1.82) is 0 Å². The molecule has 4 heteroatoms. The molecular weight excluding hydrogens is 290 g/mol. The zero-order chi connectivity index (χ0) is 16.6. The second kappa shape index (κ2) is 5.99. The van der Waals surface area contributed by atoms with Crippen molar-refractivity contribution < 1.29 is 14.3 Å². The Bertz CT molecular complexity index is 643. The Kier molecular flexibility index (Phi) is 4.17. The summed E-state index contributed by atoms with van der Waals surface area (Å²) in [5, 5.41) is 0. The van der Waals surface area contributed by atoms with Gasteiger partial charge in [-0.25, -0.2) is 4.79 Å². The molecule has 0 N–H and O–H groups in total. The highest BCUT2D eigenvalue weighted by atomic mass is 16.6. The van der Waals surface area contributed by atoms with Gasteiger partial charge >= 0.3 is 6.09 Å².